The number of carboxylic acid groups (broad SMARTS) is 1. The Balaban J connectivity index is 2.07. The van der Waals surface area contributed by atoms with Crippen molar-refractivity contribution in [2.45, 2.75) is 30.7 Å². The molecule has 5 nitrogen and oxygen atoms in total. The fourth-order valence-electron chi connectivity index (χ4n) is 1.99. The van der Waals surface area contributed by atoms with Gasteiger partial charge in [0, 0.05) is 6.04 Å². The molecule has 2 N–H and O–H groups in total. The SMILES string of the molecule is Cc1cc(S(=O)(=O)NC2CC(C(=O)O)C2)ccc1F. The second-order valence-electron chi connectivity index (χ2n) is 4.74. The number of hydrogen-bond donors (Lipinski definition) is 2. The van der Waals surface area contributed by atoms with Crippen molar-refractivity contribution in [1.82, 2.24) is 4.72 Å². The number of nitrogens with one attached hydrogen (secondary N) is 1. The van der Waals surface area contributed by atoms with Crippen LogP contribution in [0.4, 0.5) is 4.39 Å². The molecule has 0 radical (unpaired) electrons. The second-order valence-corrected chi connectivity index (χ2v) is 6.45. The third-order valence-corrected chi connectivity index (χ3v) is 4.77. The number of sulfonamides is 1. The quantitative estimate of drug-likeness (QED) is 0.873. The minimum absolute atomic E-state index is 0.00910. The van der Waals surface area contributed by atoms with Gasteiger partial charge in [0.1, 0.15) is 5.82 Å². The zero-order valence-electron chi connectivity index (χ0n) is 10.3. The summed E-state index contributed by atoms with van der Waals surface area (Å²) in [5.41, 5.74) is 0.250. The van der Waals surface area contributed by atoms with Crippen LogP contribution >= 0.6 is 0 Å². The van der Waals surface area contributed by atoms with Crippen LogP contribution in [0, 0.1) is 18.7 Å². The molecule has 0 saturated heterocycles. The highest BCUT2D eigenvalue weighted by atomic mass is 32.2. The number of carboxylic acids is 1. The van der Waals surface area contributed by atoms with Crippen LogP contribution in [-0.2, 0) is 14.8 Å². The number of aryl methyl sites for hydroxylation is 1. The lowest BCUT2D eigenvalue weighted by Crippen LogP contribution is -2.46. The molecule has 0 heterocycles. The summed E-state index contributed by atoms with van der Waals surface area (Å²) in [6.45, 7) is 1.48. The summed E-state index contributed by atoms with van der Waals surface area (Å²) >= 11 is 0. The minimum Gasteiger partial charge on any atom is -0.481 e. The molecule has 1 aliphatic rings. The molecule has 0 unspecified atom stereocenters. The first-order valence-electron chi connectivity index (χ1n) is 5.81. The average Bonchev–Trinajstić information content (AvgIpc) is 2.26. The molecule has 1 aromatic rings. The first-order valence-corrected chi connectivity index (χ1v) is 7.29. The Hall–Kier alpha value is -1.47. The topological polar surface area (TPSA) is 83.5 Å². The van der Waals surface area contributed by atoms with Gasteiger partial charge in [-0.05, 0) is 43.5 Å². The highest BCUT2D eigenvalue weighted by Crippen LogP contribution is 2.29. The summed E-state index contributed by atoms with van der Waals surface area (Å²) in [6.07, 6.45) is 0.573. The Labute approximate surface area is 110 Å². The molecule has 0 atom stereocenters. The van der Waals surface area contributed by atoms with Crippen LogP contribution in [0.3, 0.4) is 0 Å². The predicted molar refractivity (Wildman–Crippen MR) is 65.6 cm³/mol. The predicted octanol–water partition coefficient (Wildman–Crippen LogP) is 1.28. The average molecular weight is 287 g/mol. The lowest BCUT2D eigenvalue weighted by molar-refractivity contribution is -0.145. The summed E-state index contributed by atoms with van der Waals surface area (Å²) in [5.74, 6) is -1.86. The normalized spacial score (nSPS) is 22.8. The van der Waals surface area contributed by atoms with Crippen LogP contribution < -0.4 is 4.72 Å². The molecule has 0 amide bonds. The van der Waals surface area contributed by atoms with Crippen LogP contribution in [-0.4, -0.2) is 25.5 Å². The van der Waals surface area contributed by atoms with Crippen molar-refractivity contribution < 1.29 is 22.7 Å². The highest BCUT2D eigenvalue weighted by Gasteiger charge is 2.36. The van der Waals surface area contributed by atoms with Gasteiger partial charge in [-0.1, -0.05) is 0 Å². The van der Waals surface area contributed by atoms with Gasteiger partial charge in [-0.25, -0.2) is 17.5 Å². The molecule has 7 heteroatoms. The zero-order valence-corrected chi connectivity index (χ0v) is 11.1. The van der Waals surface area contributed by atoms with Crippen molar-refractivity contribution >= 4 is 16.0 Å². The van der Waals surface area contributed by atoms with E-state index in [-0.39, 0.29) is 29.3 Å². The number of benzene rings is 1. The maximum atomic E-state index is 13.1. The lowest BCUT2D eigenvalue weighted by atomic mass is 9.81. The van der Waals surface area contributed by atoms with E-state index in [1.807, 2.05) is 0 Å². The standard InChI is InChI=1S/C12H14FNO4S/c1-7-4-10(2-3-11(7)13)19(17,18)14-9-5-8(6-9)12(15)16/h2-4,8-9,14H,5-6H2,1H3,(H,15,16). The van der Waals surface area contributed by atoms with E-state index in [9.17, 15) is 17.6 Å². The number of carbonyl (C=O) groups is 1. The van der Waals surface area contributed by atoms with Gasteiger partial charge in [0.25, 0.3) is 0 Å². The number of aliphatic carboxylic acids is 1. The molecule has 0 bridgehead atoms. The van der Waals surface area contributed by atoms with Crippen LogP contribution in [0.2, 0.25) is 0 Å². The Bertz CT molecular complexity index is 608. The second kappa shape index (κ2) is 4.90. The van der Waals surface area contributed by atoms with Crippen LogP contribution in [0.5, 0.6) is 0 Å². The van der Waals surface area contributed by atoms with Gasteiger partial charge in [0.15, 0.2) is 0 Å². The van der Waals surface area contributed by atoms with E-state index in [0.29, 0.717) is 0 Å². The van der Waals surface area contributed by atoms with E-state index in [1.54, 1.807) is 0 Å². The fourth-order valence-corrected chi connectivity index (χ4v) is 3.33. The van der Waals surface area contributed by atoms with Gasteiger partial charge in [-0.2, -0.15) is 0 Å². The monoisotopic (exact) mass is 287 g/mol. The van der Waals surface area contributed by atoms with Crippen LogP contribution in [0.25, 0.3) is 0 Å². The molecule has 0 aliphatic heterocycles. The van der Waals surface area contributed by atoms with Crippen molar-refractivity contribution in [3.05, 3.63) is 29.6 Å². The zero-order chi connectivity index (χ0) is 14.2. The van der Waals surface area contributed by atoms with Crippen LogP contribution in [0.1, 0.15) is 18.4 Å². The van der Waals surface area contributed by atoms with Gasteiger partial charge in [0.2, 0.25) is 10.0 Å². The summed E-state index contributed by atoms with van der Waals surface area (Å²) in [6, 6.07) is 3.18. The Morgan fingerprint density at radius 2 is 2.05 bits per heavy atom. The Kier molecular flexibility index (Phi) is 3.60. The molecular formula is C12H14FNO4S. The summed E-state index contributed by atoms with van der Waals surface area (Å²) in [7, 11) is -3.72. The minimum atomic E-state index is -3.72. The summed E-state index contributed by atoms with van der Waals surface area (Å²) < 4.78 is 39.5. The molecule has 19 heavy (non-hydrogen) atoms. The molecule has 1 fully saturated rings. The van der Waals surface area contributed by atoms with E-state index >= 15 is 0 Å². The van der Waals surface area contributed by atoms with Gasteiger partial charge < -0.3 is 5.11 Å². The highest BCUT2D eigenvalue weighted by molar-refractivity contribution is 7.89. The maximum Gasteiger partial charge on any atom is 0.306 e. The third kappa shape index (κ3) is 2.93. The first kappa shape index (κ1) is 14.0. The van der Waals surface area contributed by atoms with Gasteiger partial charge in [-0.15, -0.1) is 0 Å². The smallest absolute Gasteiger partial charge is 0.306 e. The van der Waals surface area contributed by atoms with Crippen molar-refractivity contribution in [2.75, 3.05) is 0 Å². The molecule has 2 rings (SSSR count). The van der Waals surface area contributed by atoms with Crippen LogP contribution in [0.15, 0.2) is 23.1 Å². The van der Waals surface area contributed by atoms with Crippen molar-refractivity contribution in [3.63, 3.8) is 0 Å². The molecule has 1 saturated carbocycles. The van der Waals surface area contributed by atoms with E-state index in [2.05, 4.69) is 4.72 Å². The Morgan fingerprint density at radius 1 is 1.42 bits per heavy atom. The third-order valence-electron chi connectivity index (χ3n) is 3.25. The summed E-state index contributed by atoms with van der Waals surface area (Å²) in [5, 5.41) is 8.71. The number of hydrogen-bond acceptors (Lipinski definition) is 3. The van der Waals surface area contributed by atoms with E-state index < -0.39 is 27.7 Å². The largest absolute Gasteiger partial charge is 0.481 e. The molecule has 0 spiro atoms. The van der Waals surface area contributed by atoms with Gasteiger partial charge in [0.05, 0.1) is 10.8 Å². The first-order chi connectivity index (χ1) is 8.79. The van der Waals surface area contributed by atoms with Crippen molar-refractivity contribution in [1.29, 1.82) is 0 Å². The number of rotatable bonds is 4. The Morgan fingerprint density at radius 3 is 2.58 bits per heavy atom. The molecule has 1 aliphatic carbocycles. The van der Waals surface area contributed by atoms with Crippen molar-refractivity contribution in [3.8, 4) is 0 Å². The van der Waals surface area contributed by atoms with E-state index in [0.717, 1.165) is 6.07 Å². The van der Waals surface area contributed by atoms with Crippen molar-refractivity contribution in [2.24, 2.45) is 5.92 Å². The molecule has 0 aromatic heterocycles. The summed E-state index contributed by atoms with van der Waals surface area (Å²) in [4.78, 5) is 10.6. The van der Waals surface area contributed by atoms with E-state index in [4.69, 9.17) is 5.11 Å². The van der Waals surface area contributed by atoms with E-state index in [1.165, 1.54) is 19.1 Å². The number of halogens is 1. The van der Waals surface area contributed by atoms with Gasteiger partial charge in [-0.3, -0.25) is 4.79 Å². The molecule has 1 aromatic carbocycles. The van der Waals surface area contributed by atoms with Gasteiger partial charge >= 0.3 is 5.97 Å². The lowest BCUT2D eigenvalue weighted by Gasteiger charge is -2.32. The molecule has 104 valence electrons. The molecular weight excluding hydrogens is 273 g/mol. The maximum absolute atomic E-state index is 13.1. The fraction of sp³-hybridized carbons (Fsp3) is 0.417.